The molecule has 1 N–H and O–H groups in total. The topological polar surface area (TPSA) is 42.0 Å². The third kappa shape index (κ3) is 3.96. The molecular weight excluding hydrogens is 307 g/mol. The highest BCUT2D eigenvalue weighted by Gasteiger charge is 2.10. The number of pyridine rings is 1. The molecule has 0 aliphatic rings. The molecule has 0 aliphatic heterocycles. The molecule has 0 bridgehead atoms. The second-order valence-corrected chi connectivity index (χ2v) is 5.83. The number of nitrogens with one attached hydrogen (secondary N) is 1. The Morgan fingerprint density at radius 1 is 1.14 bits per heavy atom. The van der Waals surface area contributed by atoms with E-state index in [2.05, 4.69) is 10.3 Å². The lowest BCUT2D eigenvalue weighted by atomic mass is 10.1. The molecular formula is C16H16Cl2N2O. The number of benzene rings is 1. The van der Waals surface area contributed by atoms with Crippen LogP contribution in [-0.4, -0.2) is 10.9 Å². The minimum atomic E-state index is -0.106. The first-order chi connectivity index (χ1) is 9.86. The molecule has 0 aliphatic carbocycles. The first-order valence-electron chi connectivity index (χ1n) is 6.55. The number of amides is 1. The molecule has 0 unspecified atom stereocenters. The second kappa shape index (κ2) is 6.46. The van der Waals surface area contributed by atoms with Crippen molar-refractivity contribution in [2.45, 2.75) is 27.2 Å². The van der Waals surface area contributed by atoms with Crippen molar-refractivity contribution >= 4 is 34.8 Å². The lowest BCUT2D eigenvalue weighted by Crippen LogP contribution is -2.16. The van der Waals surface area contributed by atoms with Crippen molar-refractivity contribution in [2.24, 2.45) is 0 Å². The van der Waals surface area contributed by atoms with Gasteiger partial charge in [-0.05, 0) is 50.1 Å². The van der Waals surface area contributed by atoms with Crippen LogP contribution < -0.4 is 5.32 Å². The van der Waals surface area contributed by atoms with Crippen LogP contribution in [0, 0.1) is 20.8 Å². The van der Waals surface area contributed by atoms with Crippen LogP contribution in [0.1, 0.15) is 22.5 Å². The maximum absolute atomic E-state index is 12.2. The average Bonchev–Trinajstić information content (AvgIpc) is 2.38. The van der Waals surface area contributed by atoms with Crippen LogP contribution >= 0.6 is 23.2 Å². The molecule has 1 aromatic carbocycles. The Hall–Kier alpha value is -1.58. The Bertz CT molecular complexity index is 676. The summed E-state index contributed by atoms with van der Waals surface area (Å²) in [6, 6.07) is 7.13. The van der Waals surface area contributed by atoms with Gasteiger partial charge in [-0.1, -0.05) is 29.3 Å². The minimum absolute atomic E-state index is 0.106. The van der Waals surface area contributed by atoms with Crippen LogP contribution in [0.3, 0.4) is 0 Å². The number of aromatic nitrogens is 1. The molecule has 110 valence electrons. The van der Waals surface area contributed by atoms with Crippen molar-refractivity contribution in [3.8, 4) is 0 Å². The molecule has 21 heavy (non-hydrogen) atoms. The normalized spacial score (nSPS) is 10.5. The number of carbonyl (C=O) groups is 1. The number of hydrogen-bond donors (Lipinski definition) is 1. The van der Waals surface area contributed by atoms with Gasteiger partial charge in [0.15, 0.2) is 0 Å². The summed E-state index contributed by atoms with van der Waals surface area (Å²) in [4.78, 5) is 16.5. The lowest BCUT2D eigenvalue weighted by Gasteiger charge is -2.12. The van der Waals surface area contributed by atoms with Gasteiger partial charge in [0.25, 0.3) is 0 Å². The van der Waals surface area contributed by atoms with E-state index in [1.807, 2.05) is 26.8 Å². The number of hydrogen-bond acceptors (Lipinski definition) is 2. The van der Waals surface area contributed by atoms with Crippen molar-refractivity contribution in [2.75, 3.05) is 5.32 Å². The molecule has 2 rings (SSSR count). The van der Waals surface area contributed by atoms with E-state index in [0.29, 0.717) is 10.0 Å². The van der Waals surface area contributed by atoms with Crippen LogP contribution in [0.25, 0.3) is 0 Å². The molecule has 0 fully saturated rings. The number of anilines is 1. The predicted octanol–water partition coefficient (Wildman–Crippen LogP) is 4.49. The van der Waals surface area contributed by atoms with Crippen LogP contribution in [0.5, 0.6) is 0 Å². The zero-order chi connectivity index (χ0) is 15.6. The van der Waals surface area contributed by atoms with Crippen molar-refractivity contribution in [3.05, 3.63) is 56.8 Å². The first kappa shape index (κ1) is 15.8. The largest absolute Gasteiger partial charge is 0.324 e. The highest BCUT2D eigenvalue weighted by molar-refractivity contribution is 6.42. The number of carbonyl (C=O) groups excluding carboxylic acids is 1. The number of rotatable bonds is 3. The molecule has 5 heteroatoms. The summed E-state index contributed by atoms with van der Waals surface area (Å²) in [6.45, 7) is 5.77. The van der Waals surface area contributed by atoms with Crippen LogP contribution in [0.2, 0.25) is 10.0 Å². The van der Waals surface area contributed by atoms with Gasteiger partial charge >= 0.3 is 0 Å². The SMILES string of the molecule is Cc1cc(C)c(NC(=O)Cc2ccc(Cl)c(Cl)c2)c(C)n1. The molecule has 2 aromatic rings. The fourth-order valence-electron chi connectivity index (χ4n) is 2.23. The highest BCUT2D eigenvalue weighted by atomic mass is 35.5. The second-order valence-electron chi connectivity index (χ2n) is 5.01. The van der Waals surface area contributed by atoms with E-state index < -0.39 is 0 Å². The van der Waals surface area contributed by atoms with E-state index in [1.165, 1.54) is 0 Å². The summed E-state index contributed by atoms with van der Waals surface area (Å²) in [7, 11) is 0. The van der Waals surface area contributed by atoms with E-state index >= 15 is 0 Å². The fraction of sp³-hybridized carbons (Fsp3) is 0.250. The zero-order valence-corrected chi connectivity index (χ0v) is 13.6. The maximum atomic E-state index is 12.2. The number of nitrogens with zero attached hydrogens (tertiary/aromatic N) is 1. The maximum Gasteiger partial charge on any atom is 0.228 e. The molecule has 1 amide bonds. The summed E-state index contributed by atoms with van der Waals surface area (Å²) in [5.74, 6) is -0.106. The third-order valence-electron chi connectivity index (χ3n) is 3.14. The van der Waals surface area contributed by atoms with E-state index in [4.69, 9.17) is 23.2 Å². The zero-order valence-electron chi connectivity index (χ0n) is 12.1. The molecule has 1 heterocycles. The van der Waals surface area contributed by atoms with Crippen molar-refractivity contribution < 1.29 is 4.79 Å². The van der Waals surface area contributed by atoms with E-state index in [9.17, 15) is 4.79 Å². The quantitative estimate of drug-likeness (QED) is 0.904. The minimum Gasteiger partial charge on any atom is -0.324 e. The summed E-state index contributed by atoms with van der Waals surface area (Å²) in [5.41, 5.74) is 4.34. The Morgan fingerprint density at radius 3 is 2.48 bits per heavy atom. The van der Waals surface area contributed by atoms with Gasteiger partial charge in [0, 0.05) is 5.69 Å². The summed E-state index contributed by atoms with van der Waals surface area (Å²) < 4.78 is 0. The van der Waals surface area contributed by atoms with E-state index in [0.717, 1.165) is 28.2 Å². The molecule has 0 spiro atoms. The summed E-state index contributed by atoms with van der Waals surface area (Å²) >= 11 is 11.8. The Labute approximate surface area is 134 Å². The Morgan fingerprint density at radius 2 is 1.86 bits per heavy atom. The van der Waals surface area contributed by atoms with Crippen molar-refractivity contribution in [3.63, 3.8) is 0 Å². The predicted molar refractivity (Wildman–Crippen MR) is 87.2 cm³/mol. The molecule has 1 aromatic heterocycles. The standard InChI is InChI=1S/C16H16Cl2N2O/c1-9-6-10(2)19-11(3)16(9)20-15(21)8-12-4-5-13(17)14(18)7-12/h4-7H,8H2,1-3H3,(H,20,21). The third-order valence-corrected chi connectivity index (χ3v) is 3.88. The monoisotopic (exact) mass is 322 g/mol. The summed E-state index contributed by atoms with van der Waals surface area (Å²) in [6.07, 6.45) is 0.240. The fourth-order valence-corrected chi connectivity index (χ4v) is 2.55. The molecule has 0 radical (unpaired) electrons. The highest BCUT2D eigenvalue weighted by Crippen LogP contribution is 2.23. The van der Waals surface area contributed by atoms with Gasteiger partial charge < -0.3 is 5.32 Å². The van der Waals surface area contributed by atoms with Crippen molar-refractivity contribution in [1.29, 1.82) is 0 Å². The van der Waals surface area contributed by atoms with Gasteiger partial charge in [0.2, 0.25) is 5.91 Å². The smallest absolute Gasteiger partial charge is 0.228 e. The summed E-state index contributed by atoms with van der Waals surface area (Å²) in [5, 5.41) is 3.84. The molecule has 0 saturated carbocycles. The van der Waals surface area contributed by atoms with Gasteiger partial charge in [-0.15, -0.1) is 0 Å². The number of halogens is 2. The number of aryl methyl sites for hydroxylation is 3. The Kier molecular flexibility index (Phi) is 4.86. The van der Waals surface area contributed by atoms with Gasteiger partial charge in [-0.3, -0.25) is 9.78 Å². The average molecular weight is 323 g/mol. The first-order valence-corrected chi connectivity index (χ1v) is 7.31. The van der Waals surface area contributed by atoms with Crippen LogP contribution in [0.4, 0.5) is 5.69 Å². The molecule has 3 nitrogen and oxygen atoms in total. The van der Waals surface area contributed by atoms with Gasteiger partial charge in [0.05, 0.1) is 27.8 Å². The van der Waals surface area contributed by atoms with E-state index in [-0.39, 0.29) is 12.3 Å². The van der Waals surface area contributed by atoms with Gasteiger partial charge in [-0.25, -0.2) is 0 Å². The van der Waals surface area contributed by atoms with Gasteiger partial charge in [-0.2, -0.15) is 0 Å². The van der Waals surface area contributed by atoms with Crippen molar-refractivity contribution in [1.82, 2.24) is 4.98 Å². The van der Waals surface area contributed by atoms with E-state index in [1.54, 1.807) is 18.2 Å². The Balaban J connectivity index is 2.13. The van der Waals surface area contributed by atoms with Crippen LogP contribution in [-0.2, 0) is 11.2 Å². The molecule has 0 atom stereocenters. The molecule has 0 saturated heterocycles. The van der Waals surface area contributed by atoms with Crippen LogP contribution in [0.15, 0.2) is 24.3 Å². The lowest BCUT2D eigenvalue weighted by molar-refractivity contribution is -0.115. The van der Waals surface area contributed by atoms with Gasteiger partial charge in [0.1, 0.15) is 0 Å².